The number of nitrogens with zero attached hydrogens (tertiary/aromatic N) is 4. The van der Waals surface area contributed by atoms with E-state index in [0.717, 1.165) is 41.9 Å². The minimum absolute atomic E-state index is 0.0751. The number of hydrogen-bond acceptors (Lipinski definition) is 6. The van der Waals surface area contributed by atoms with Crippen LogP contribution in [0.1, 0.15) is 17.4 Å². The van der Waals surface area contributed by atoms with Crippen molar-refractivity contribution < 1.29 is 9.13 Å². The van der Waals surface area contributed by atoms with Crippen LogP contribution in [0.4, 0.5) is 15.9 Å². The van der Waals surface area contributed by atoms with Gasteiger partial charge in [0, 0.05) is 31.2 Å². The lowest BCUT2D eigenvalue weighted by Crippen LogP contribution is -2.38. The van der Waals surface area contributed by atoms with Crippen LogP contribution in [0, 0.1) is 5.82 Å². The average molecular weight is 415 g/mol. The topological polar surface area (TPSA) is 63.2 Å². The van der Waals surface area contributed by atoms with Crippen molar-refractivity contribution in [2.45, 2.75) is 12.6 Å². The van der Waals surface area contributed by atoms with Crippen molar-refractivity contribution in [3.8, 4) is 0 Å². The Balaban J connectivity index is 1.23. The van der Waals surface area contributed by atoms with Crippen LogP contribution in [-0.4, -0.2) is 39.5 Å². The maximum atomic E-state index is 13.0. The number of nitrogens with one attached hydrogen (secondary N) is 1. The number of halogens is 1. The van der Waals surface area contributed by atoms with Gasteiger partial charge in [-0.15, -0.1) is 0 Å². The molecule has 0 unspecified atom stereocenters. The highest BCUT2D eigenvalue weighted by molar-refractivity contribution is 5.78. The molecule has 0 saturated carbocycles. The molecule has 0 bridgehead atoms. The molecule has 0 amide bonds. The Morgan fingerprint density at radius 3 is 2.84 bits per heavy atom. The molecule has 31 heavy (non-hydrogen) atoms. The van der Waals surface area contributed by atoms with Gasteiger partial charge in [-0.05, 0) is 48.0 Å². The molecular weight excluding hydrogens is 393 g/mol. The molecule has 1 N–H and O–H groups in total. The van der Waals surface area contributed by atoms with Crippen molar-refractivity contribution in [2.24, 2.45) is 0 Å². The third-order valence-corrected chi connectivity index (χ3v) is 5.34. The van der Waals surface area contributed by atoms with Crippen molar-refractivity contribution >= 4 is 22.4 Å². The number of benzene rings is 1. The Kier molecular flexibility index (Phi) is 5.52. The molecule has 0 spiro atoms. The van der Waals surface area contributed by atoms with Gasteiger partial charge in [0.1, 0.15) is 17.7 Å². The van der Waals surface area contributed by atoms with E-state index in [1.165, 1.54) is 17.8 Å². The van der Waals surface area contributed by atoms with Crippen LogP contribution in [0.25, 0.3) is 10.9 Å². The van der Waals surface area contributed by atoms with Crippen LogP contribution in [0.3, 0.4) is 0 Å². The van der Waals surface area contributed by atoms with Gasteiger partial charge in [0.2, 0.25) is 0 Å². The molecule has 156 valence electrons. The zero-order valence-electron chi connectivity index (χ0n) is 16.9. The quantitative estimate of drug-likeness (QED) is 0.519. The Morgan fingerprint density at radius 1 is 1.03 bits per heavy atom. The van der Waals surface area contributed by atoms with Crippen molar-refractivity contribution in [3.05, 3.63) is 90.3 Å². The van der Waals surface area contributed by atoms with Crippen LogP contribution in [-0.2, 0) is 11.3 Å². The second-order valence-corrected chi connectivity index (χ2v) is 7.58. The summed E-state index contributed by atoms with van der Waals surface area (Å²) < 4.78 is 19.0. The fraction of sp³-hybridized carbons (Fsp3) is 0.208. The number of ether oxygens (including phenoxy) is 1. The first-order chi connectivity index (χ1) is 15.2. The molecule has 1 fully saturated rings. The SMILES string of the molecule is Fc1ccc(Nc2ccc([C@H]3CN(Cc4ccc5ncccc5c4)CCO3)nc2)nc1. The van der Waals surface area contributed by atoms with Gasteiger partial charge in [0.05, 0.1) is 35.9 Å². The first-order valence-corrected chi connectivity index (χ1v) is 10.3. The van der Waals surface area contributed by atoms with E-state index in [-0.39, 0.29) is 11.9 Å². The predicted octanol–water partition coefficient (Wildman–Crippen LogP) is 4.48. The standard InChI is InChI=1S/C24H22FN5O/c25-19-4-8-24(28-13-19)29-20-5-7-22(27-14-20)23-16-30(10-11-31-23)15-17-3-6-21-18(12-17)2-1-9-26-21/h1-9,12-14,23H,10-11,15-16H2,(H,28,29)/t23-/m1/s1. The smallest absolute Gasteiger partial charge is 0.141 e. The van der Waals surface area contributed by atoms with Crippen molar-refractivity contribution in [1.29, 1.82) is 0 Å². The molecule has 1 aromatic carbocycles. The van der Waals surface area contributed by atoms with E-state index < -0.39 is 0 Å². The van der Waals surface area contributed by atoms with Gasteiger partial charge in [0.15, 0.2) is 0 Å². The zero-order chi connectivity index (χ0) is 21.0. The lowest BCUT2D eigenvalue weighted by molar-refractivity contribution is -0.0349. The summed E-state index contributed by atoms with van der Waals surface area (Å²) in [6.45, 7) is 3.20. The lowest BCUT2D eigenvalue weighted by atomic mass is 10.1. The summed E-state index contributed by atoms with van der Waals surface area (Å²) in [7, 11) is 0. The molecule has 1 atom stereocenters. The maximum absolute atomic E-state index is 13.0. The van der Waals surface area contributed by atoms with Crippen LogP contribution in [0.5, 0.6) is 0 Å². The molecule has 1 aliphatic rings. The summed E-state index contributed by atoms with van der Waals surface area (Å²) in [6, 6.07) is 17.3. The summed E-state index contributed by atoms with van der Waals surface area (Å²) in [5, 5.41) is 4.28. The Morgan fingerprint density at radius 2 is 2.00 bits per heavy atom. The summed E-state index contributed by atoms with van der Waals surface area (Å²) in [5.74, 6) is 0.208. The second kappa shape index (κ2) is 8.75. The van der Waals surface area contributed by atoms with E-state index in [0.29, 0.717) is 12.4 Å². The number of anilines is 2. The normalized spacial score (nSPS) is 17.0. The largest absolute Gasteiger partial charge is 0.369 e. The summed E-state index contributed by atoms with van der Waals surface area (Å²) >= 11 is 0. The Labute approximate surface area is 179 Å². The van der Waals surface area contributed by atoms with Gasteiger partial charge < -0.3 is 10.1 Å². The zero-order valence-corrected chi connectivity index (χ0v) is 16.9. The first kappa shape index (κ1) is 19.5. The summed E-state index contributed by atoms with van der Waals surface area (Å²) in [6.07, 6.45) is 4.67. The van der Waals surface area contributed by atoms with Crippen molar-refractivity contribution in [1.82, 2.24) is 19.9 Å². The molecule has 7 heteroatoms. The van der Waals surface area contributed by atoms with Crippen molar-refractivity contribution in [2.75, 3.05) is 25.0 Å². The summed E-state index contributed by atoms with van der Waals surface area (Å²) in [4.78, 5) is 15.4. The van der Waals surface area contributed by atoms with E-state index in [1.807, 2.05) is 24.4 Å². The molecule has 1 saturated heterocycles. The number of rotatable bonds is 5. The maximum Gasteiger partial charge on any atom is 0.141 e. The lowest BCUT2D eigenvalue weighted by Gasteiger charge is -2.32. The fourth-order valence-corrected chi connectivity index (χ4v) is 3.77. The molecule has 1 aliphatic heterocycles. The molecule has 0 aliphatic carbocycles. The molecule has 6 nitrogen and oxygen atoms in total. The van der Waals surface area contributed by atoms with Gasteiger partial charge in [-0.25, -0.2) is 9.37 Å². The third kappa shape index (κ3) is 4.68. The summed E-state index contributed by atoms with van der Waals surface area (Å²) in [5.41, 5.74) is 3.96. The van der Waals surface area contributed by atoms with Gasteiger partial charge in [-0.1, -0.05) is 12.1 Å². The fourth-order valence-electron chi connectivity index (χ4n) is 3.77. The minimum atomic E-state index is -0.363. The highest BCUT2D eigenvalue weighted by Gasteiger charge is 2.23. The monoisotopic (exact) mass is 415 g/mol. The number of pyridine rings is 3. The van der Waals surface area contributed by atoms with Crippen LogP contribution in [0.2, 0.25) is 0 Å². The van der Waals surface area contributed by atoms with Crippen molar-refractivity contribution in [3.63, 3.8) is 0 Å². The van der Waals surface area contributed by atoms with E-state index >= 15 is 0 Å². The van der Waals surface area contributed by atoms with E-state index in [1.54, 1.807) is 12.3 Å². The van der Waals surface area contributed by atoms with E-state index in [4.69, 9.17) is 4.74 Å². The average Bonchev–Trinajstić information content (AvgIpc) is 2.81. The van der Waals surface area contributed by atoms with Gasteiger partial charge >= 0.3 is 0 Å². The van der Waals surface area contributed by atoms with Gasteiger partial charge in [-0.3, -0.25) is 14.9 Å². The molecule has 5 rings (SSSR count). The second-order valence-electron chi connectivity index (χ2n) is 7.58. The highest BCUT2D eigenvalue weighted by atomic mass is 19.1. The van der Waals surface area contributed by atoms with Gasteiger partial charge in [-0.2, -0.15) is 0 Å². The van der Waals surface area contributed by atoms with Crippen LogP contribution in [0.15, 0.2) is 73.2 Å². The Hall–Kier alpha value is -3.42. The van der Waals surface area contributed by atoms with E-state index in [2.05, 4.69) is 49.4 Å². The number of aromatic nitrogens is 3. The molecular formula is C24H22FN5O. The number of fused-ring (bicyclic) bond motifs is 1. The molecule has 4 heterocycles. The minimum Gasteiger partial charge on any atom is -0.369 e. The first-order valence-electron chi connectivity index (χ1n) is 10.3. The van der Waals surface area contributed by atoms with Gasteiger partial charge in [0.25, 0.3) is 0 Å². The molecule has 0 radical (unpaired) electrons. The highest BCUT2D eigenvalue weighted by Crippen LogP contribution is 2.24. The van der Waals surface area contributed by atoms with Crippen LogP contribution < -0.4 is 5.32 Å². The number of hydrogen-bond donors (Lipinski definition) is 1. The van der Waals surface area contributed by atoms with E-state index in [9.17, 15) is 4.39 Å². The number of morpholine rings is 1. The van der Waals surface area contributed by atoms with Crippen LogP contribution >= 0.6 is 0 Å². The third-order valence-electron chi connectivity index (χ3n) is 5.34. The Bertz CT molecular complexity index is 1170. The molecule has 3 aromatic heterocycles. The molecule has 4 aromatic rings. The predicted molar refractivity (Wildman–Crippen MR) is 117 cm³/mol.